The number of aromatic nitrogens is 4. The second-order valence-corrected chi connectivity index (χ2v) is 10.7. The van der Waals surface area contributed by atoms with E-state index in [-0.39, 0.29) is 16.8 Å². The van der Waals surface area contributed by atoms with Crippen LogP contribution in [0.3, 0.4) is 0 Å². The van der Waals surface area contributed by atoms with E-state index in [1.165, 1.54) is 10.4 Å². The summed E-state index contributed by atoms with van der Waals surface area (Å²) in [5, 5.41) is 8.44. The van der Waals surface area contributed by atoms with Gasteiger partial charge in [0.05, 0.1) is 12.2 Å². The van der Waals surface area contributed by atoms with Crippen molar-refractivity contribution in [3.05, 3.63) is 46.3 Å². The van der Waals surface area contributed by atoms with Crippen molar-refractivity contribution >= 4 is 22.2 Å². The van der Waals surface area contributed by atoms with Gasteiger partial charge < -0.3 is 4.52 Å². The normalized spacial score (nSPS) is 18.2. The maximum atomic E-state index is 14.5. The summed E-state index contributed by atoms with van der Waals surface area (Å²) < 4.78 is 51.3. The molecule has 0 unspecified atom stereocenters. The zero-order valence-corrected chi connectivity index (χ0v) is 20.1. The number of piperazine rings is 1. The van der Waals surface area contributed by atoms with Gasteiger partial charge in [0.15, 0.2) is 16.4 Å². The smallest absolute Gasteiger partial charge is 0.248 e. The molecule has 33 heavy (non-hydrogen) atoms. The number of benzene rings is 1. The van der Waals surface area contributed by atoms with Crippen molar-refractivity contribution in [1.29, 1.82) is 0 Å². The molecule has 2 aliphatic rings. The first-order chi connectivity index (χ1) is 15.8. The molecule has 0 radical (unpaired) electrons. The highest BCUT2D eigenvalue weighted by Gasteiger charge is 2.34. The number of rotatable bonds is 6. The van der Waals surface area contributed by atoms with E-state index >= 15 is 0 Å². The molecule has 2 aromatic heterocycles. The molecular weight excluding hydrogens is 467 g/mol. The molecule has 1 aliphatic heterocycles. The Morgan fingerprint density at radius 1 is 1.15 bits per heavy atom. The van der Waals surface area contributed by atoms with Gasteiger partial charge in [-0.25, -0.2) is 17.5 Å². The topological polar surface area (TPSA) is 89.4 Å². The largest absolute Gasteiger partial charge is 0.360 e. The average Bonchev–Trinajstić information content (AvgIpc) is 3.49. The third-order valence-corrected chi connectivity index (χ3v) is 8.68. The van der Waals surface area contributed by atoms with Crippen LogP contribution in [-0.2, 0) is 16.7 Å². The molecule has 9 nitrogen and oxygen atoms in total. The predicted molar refractivity (Wildman–Crippen MR) is 121 cm³/mol. The first kappa shape index (κ1) is 22.4. The number of nitrogens with zero attached hydrogens (tertiary/aromatic N) is 6. The molecule has 2 fully saturated rings. The summed E-state index contributed by atoms with van der Waals surface area (Å²) in [5.41, 5.74) is 0.803. The third-order valence-electron chi connectivity index (χ3n) is 6.13. The Labute approximate surface area is 196 Å². The van der Waals surface area contributed by atoms with Gasteiger partial charge in [0.1, 0.15) is 16.4 Å². The lowest BCUT2D eigenvalue weighted by Gasteiger charge is -2.33. The van der Waals surface area contributed by atoms with Crippen LogP contribution >= 0.6 is 12.2 Å². The molecule has 1 saturated carbocycles. The van der Waals surface area contributed by atoms with Gasteiger partial charge in [-0.2, -0.15) is 9.40 Å². The monoisotopic (exact) mass is 492 g/mol. The van der Waals surface area contributed by atoms with E-state index in [2.05, 4.69) is 15.2 Å². The molecule has 0 N–H and O–H groups in total. The van der Waals surface area contributed by atoms with Crippen LogP contribution < -0.4 is 0 Å². The number of hydrogen-bond acceptors (Lipinski definition) is 7. The summed E-state index contributed by atoms with van der Waals surface area (Å²) in [5.74, 6) is 0.512. The van der Waals surface area contributed by atoms with Crippen molar-refractivity contribution in [2.75, 3.05) is 26.2 Å². The Kier molecular flexibility index (Phi) is 5.71. The van der Waals surface area contributed by atoms with E-state index < -0.39 is 10.0 Å². The van der Waals surface area contributed by atoms with Crippen molar-refractivity contribution in [2.24, 2.45) is 0 Å². The Bertz CT molecular complexity index is 1330. The molecule has 3 aromatic rings. The third kappa shape index (κ3) is 4.05. The molecule has 0 spiro atoms. The zero-order chi connectivity index (χ0) is 23.3. The summed E-state index contributed by atoms with van der Waals surface area (Å²) in [4.78, 5) is 2.25. The van der Waals surface area contributed by atoms with Gasteiger partial charge in [0.25, 0.3) is 0 Å². The Hall–Kier alpha value is -2.41. The second kappa shape index (κ2) is 8.42. The Balaban J connectivity index is 1.34. The van der Waals surface area contributed by atoms with Gasteiger partial charge in [0, 0.05) is 32.2 Å². The van der Waals surface area contributed by atoms with Crippen LogP contribution in [0, 0.1) is 24.4 Å². The minimum absolute atomic E-state index is 0.149. The number of aryl methyl sites for hydroxylation is 2. The standard InChI is InChI=1S/C21H25FN6O3S2/c1-14-19(15(2)31-24-14)33(29,30)26-11-9-25(10-12-26)13-27-21(32)28(16-7-8-16)20(23-27)17-5-3-4-6-18(17)22/h3-6,16H,7-13H2,1-2H3. The van der Waals surface area contributed by atoms with Crippen molar-refractivity contribution in [3.8, 4) is 11.4 Å². The van der Waals surface area contributed by atoms with Crippen LogP contribution in [-0.4, -0.2) is 63.3 Å². The van der Waals surface area contributed by atoms with E-state index in [1.54, 1.807) is 36.7 Å². The average molecular weight is 493 g/mol. The number of halogens is 1. The number of hydrogen-bond donors (Lipinski definition) is 0. The number of sulfonamides is 1. The van der Waals surface area contributed by atoms with E-state index in [0.717, 1.165) is 12.8 Å². The second-order valence-electron chi connectivity index (χ2n) is 8.50. The summed E-state index contributed by atoms with van der Waals surface area (Å²) in [6, 6.07) is 6.83. The van der Waals surface area contributed by atoms with Crippen LogP contribution in [0.25, 0.3) is 11.4 Å². The molecule has 0 bridgehead atoms. The molecule has 12 heteroatoms. The van der Waals surface area contributed by atoms with Crippen molar-refractivity contribution in [2.45, 2.75) is 44.3 Å². The van der Waals surface area contributed by atoms with Crippen LogP contribution in [0.1, 0.15) is 30.3 Å². The van der Waals surface area contributed by atoms with Crippen LogP contribution in [0.4, 0.5) is 4.39 Å². The van der Waals surface area contributed by atoms with Gasteiger partial charge >= 0.3 is 0 Å². The van der Waals surface area contributed by atoms with E-state index in [4.69, 9.17) is 16.7 Å². The highest BCUT2D eigenvalue weighted by molar-refractivity contribution is 7.89. The van der Waals surface area contributed by atoms with Crippen LogP contribution in [0.15, 0.2) is 33.7 Å². The lowest BCUT2D eigenvalue weighted by molar-refractivity contribution is 0.144. The lowest BCUT2D eigenvalue weighted by Crippen LogP contribution is -2.49. The minimum atomic E-state index is -3.67. The van der Waals surface area contributed by atoms with Crippen LogP contribution in [0.5, 0.6) is 0 Å². The zero-order valence-electron chi connectivity index (χ0n) is 18.4. The molecular formula is C21H25FN6O3S2. The van der Waals surface area contributed by atoms with Gasteiger partial charge in [-0.05, 0) is 51.0 Å². The van der Waals surface area contributed by atoms with Gasteiger partial charge in [-0.1, -0.05) is 17.3 Å². The minimum Gasteiger partial charge on any atom is -0.360 e. The van der Waals surface area contributed by atoms with E-state index in [1.807, 2.05) is 4.57 Å². The predicted octanol–water partition coefficient (Wildman–Crippen LogP) is 3.12. The van der Waals surface area contributed by atoms with Crippen molar-refractivity contribution in [3.63, 3.8) is 0 Å². The molecule has 5 rings (SSSR count). The maximum Gasteiger partial charge on any atom is 0.248 e. The van der Waals surface area contributed by atoms with Crippen LogP contribution in [0.2, 0.25) is 0 Å². The molecule has 176 valence electrons. The summed E-state index contributed by atoms with van der Waals surface area (Å²) in [7, 11) is -3.67. The fourth-order valence-electron chi connectivity index (χ4n) is 4.27. The van der Waals surface area contributed by atoms with E-state index in [0.29, 0.717) is 60.5 Å². The Morgan fingerprint density at radius 3 is 2.45 bits per heavy atom. The Morgan fingerprint density at radius 2 is 1.85 bits per heavy atom. The maximum absolute atomic E-state index is 14.5. The summed E-state index contributed by atoms with van der Waals surface area (Å²) in [6.45, 7) is 5.37. The van der Waals surface area contributed by atoms with Gasteiger partial charge in [-0.3, -0.25) is 9.47 Å². The fourth-order valence-corrected chi connectivity index (χ4v) is 6.32. The van der Waals surface area contributed by atoms with Crippen molar-refractivity contribution < 1.29 is 17.3 Å². The van der Waals surface area contributed by atoms with Gasteiger partial charge in [0.2, 0.25) is 10.0 Å². The quantitative estimate of drug-likeness (QED) is 0.489. The fraction of sp³-hybridized carbons (Fsp3) is 0.476. The van der Waals surface area contributed by atoms with E-state index in [9.17, 15) is 12.8 Å². The highest BCUT2D eigenvalue weighted by Crippen LogP contribution is 2.39. The molecule has 0 atom stereocenters. The molecule has 1 aromatic carbocycles. The highest BCUT2D eigenvalue weighted by atomic mass is 32.2. The molecule has 3 heterocycles. The molecule has 1 aliphatic carbocycles. The van der Waals surface area contributed by atoms with Crippen molar-refractivity contribution in [1.82, 2.24) is 28.7 Å². The summed E-state index contributed by atoms with van der Waals surface area (Å²) >= 11 is 5.70. The first-order valence-electron chi connectivity index (χ1n) is 10.9. The SMILES string of the molecule is Cc1noc(C)c1S(=O)(=O)N1CCN(Cn2nc(-c3ccccc3F)n(C3CC3)c2=S)CC1. The van der Waals surface area contributed by atoms with Gasteiger partial charge in [-0.15, -0.1) is 0 Å². The summed E-state index contributed by atoms with van der Waals surface area (Å²) in [6.07, 6.45) is 2.00. The lowest BCUT2D eigenvalue weighted by atomic mass is 10.2. The first-order valence-corrected chi connectivity index (χ1v) is 12.7. The molecule has 0 amide bonds. The molecule has 1 saturated heterocycles.